The molecule has 0 bridgehead atoms. The van der Waals surface area contributed by atoms with Crippen LogP contribution in [0.4, 0.5) is 5.95 Å². The van der Waals surface area contributed by atoms with E-state index in [4.69, 9.17) is 10.5 Å². The fraction of sp³-hybridized carbons (Fsp3) is 0.250. The lowest BCUT2D eigenvalue weighted by molar-refractivity contribution is 0.313. The van der Waals surface area contributed by atoms with E-state index in [9.17, 15) is 4.79 Å². The average molecular weight is 298 g/mol. The maximum atomic E-state index is 12.0. The lowest BCUT2D eigenvalue weighted by atomic mass is 10.3. The van der Waals surface area contributed by atoms with Crippen molar-refractivity contribution in [3.8, 4) is 5.75 Å². The maximum absolute atomic E-state index is 12.0. The number of para-hydroxylation sites is 2. The molecule has 2 heterocycles. The molecule has 0 saturated carbocycles. The van der Waals surface area contributed by atoms with Crippen LogP contribution in [0.3, 0.4) is 0 Å². The summed E-state index contributed by atoms with van der Waals surface area (Å²) in [5.74, 6) is 0.766. The summed E-state index contributed by atoms with van der Waals surface area (Å²) in [4.78, 5) is 19.4. The van der Waals surface area contributed by atoms with Crippen LogP contribution in [0.1, 0.15) is 19.0 Å². The van der Waals surface area contributed by atoms with Gasteiger partial charge in [-0.3, -0.25) is 4.79 Å². The second kappa shape index (κ2) is 5.93. The number of hydrogen-bond donors (Lipinski definition) is 2. The summed E-state index contributed by atoms with van der Waals surface area (Å²) in [6, 6.07) is 9.26. The summed E-state index contributed by atoms with van der Waals surface area (Å²) in [6.45, 7) is 2.98. The zero-order valence-electron chi connectivity index (χ0n) is 12.4. The predicted molar refractivity (Wildman–Crippen MR) is 86.1 cm³/mol. The molecule has 0 unspecified atom stereocenters. The van der Waals surface area contributed by atoms with Crippen LogP contribution < -0.4 is 15.9 Å². The van der Waals surface area contributed by atoms with Gasteiger partial charge in [0.05, 0.1) is 24.2 Å². The van der Waals surface area contributed by atoms with Gasteiger partial charge in [-0.25, -0.2) is 4.98 Å². The SMILES string of the molecule is CCCOc1c[nH]c(Cn2c(N)nc3ccccc32)cc1=O. The zero-order chi connectivity index (χ0) is 15.5. The lowest BCUT2D eigenvalue weighted by Crippen LogP contribution is -2.12. The molecule has 0 aliphatic carbocycles. The second-order valence-electron chi connectivity index (χ2n) is 5.08. The Morgan fingerprint density at radius 1 is 1.36 bits per heavy atom. The smallest absolute Gasteiger partial charge is 0.223 e. The molecule has 0 spiro atoms. The molecule has 2 aromatic heterocycles. The van der Waals surface area contributed by atoms with Crippen molar-refractivity contribution in [3.05, 3.63) is 52.4 Å². The number of fused-ring (bicyclic) bond motifs is 1. The largest absolute Gasteiger partial charge is 0.488 e. The van der Waals surface area contributed by atoms with Gasteiger partial charge in [0.15, 0.2) is 5.75 Å². The molecule has 6 nitrogen and oxygen atoms in total. The molecular weight excluding hydrogens is 280 g/mol. The highest BCUT2D eigenvalue weighted by molar-refractivity contribution is 5.78. The van der Waals surface area contributed by atoms with Gasteiger partial charge in [-0.1, -0.05) is 19.1 Å². The van der Waals surface area contributed by atoms with Crippen LogP contribution in [0.15, 0.2) is 41.3 Å². The molecule has 0 amide bonds. The van der Waals surface area contributed by atoms with Crippen LogP contribution in [0, 0.1) is 0 Å². The number of hydrogen-bond acceptors (Lipinski definition) is 4. The first-order chi connectivity index (χ1) is 10.7. The van der Waals surface area contributed by atoms with E-state index >= 15 is 0 Å². The summed E-state index contributed by atoms with van der Waals surface area (Å²) in [5.41, 5.74) is 8.36. The number of nitrogens with zero attached hydrogens (tertiary/aromatic N) is 2. The van der Waals surface area contributed by atoms with Crippen molar-refractivity contribution in [2.45, 2.75) is 19.9 Å². The normalized spacial score (nSPS) is 11.0. The van der Waals surface area contributed by atoms with Crippen molar-refractivity contribution in [2.24, 2.45) is 0 Å². The van der Waals surface area contributed by atoms with Gasteiger partial charge in [-0.2, -0.15) is 0 Å². The number of H-pyrrole nitrogens is 1. The van der Waals surface area contributed by atoms with Gasteiger partial charge in [-0.15, -0.1) is 0 Å². The highest BCUT2D eigenvalue weighted by atomic mass is 16.5. The molecule has 0 atom stereocenters. The topological polar surface area (TPSA) is 85.9 Å². The number of benzene rings is 1. The van der Waals surface area contributed by atoms with E-state index in [2.05, 4.69) is 9.97 Å². The molecule has 3 N–H and O–H groups in total. The molecule has 3 aromatic rings. The van der Waals surface area contributed by atoms with Gasteiger partial charge in [0.2, 0.25) is 11.4 Å². The van der Waals surface area contributed by atoms with Crippen LogP contribution >= 0.6 is 0 Å². The summed E-state index contributed by atoms with van der Waals surface area (Å²) < 4.78 is 7.25. The lowest BCUT2D eigenvalue weighted by Gasteiger charge is -2.08. The van der Waals surface area contributed by atoms with Gasteiger partial charge in [0, 0.05) is 18.0 Å². The Balaban J connectivity index is 1.90. The van der Waals surface area contributed by atoms with Crippen LogP contribution in [0.5, 0.6) is 5.75 Å². The molecule has 0 aliphatic rings. The molecule has 6 heteroatoms. The minimum Gasteiger partial charge on any atom is -0.488 e. The summed E-state index contributed by atoms with van der Waals surface area (Å²) in [6.07, 6.45) is 2.46. The quantitative estimate of drug-likeness (QED) is 0.755. The van der Waals surface area contributed by atoms with E-state index in [-0.39, 0.29) is 5.43 Å². The number of imidazole rings is 1. The number of aromatic amines is 1. The van der Waals surface area contributed by atoms with Crippen molar-refractivity contribution in [1.29, 1.82) is 0 Å². The molecule has 0 aliphatic heterocycles. The van der Waals surface area contributed by atoms with Gasteiger partial charge >= 0.3 is 0 Å². The molecular formula is C16H18N4O2. The predicted octanol–water partition coefficient (Wildman–Crippen LogP) is 2.14. The number of aromatic nitrogens is 3. The zero-order valence-corrected chi connectivity index (χ0v) is 12.4. The Bertz CT molecular complexity index is 851. The van der Waals surface area contributed by atoms with Crippen molar-refractivity contribution in [1.82, 2.24) is 14.5 Å². The first kappa shape index (κ1) is 14.2. The number of nitrogens with two attached hydrogens (primary N) is 1. The van der Waals surface area contributed by atoms with Crippen LogP contribution in [0.2, 0.25) is 0 Å². The summed E-state index contributed by atoms with van der Waals surface area (Å²) >= 11 is 0. The first-order valence-electron chi connectivity index (χ1n) is 7.24. The second-order valence-corrected chi connectivity index (χ2v) is 5.08. The summed E-state index contributed by atoms with van der Waals surface area (Å²) in [5, 5.41) is 0. The third kappa shape index (κ3) is 2.67. The van der Waals surface area contributed by atoms with Crippen molar-refractivity contribution >= 4 is 17.0 Å². The Kier molecular flexibility index (Phi) is 3.82. The van der Waals surface area contributed by atoms with Gasteiger partial charge < -0.3 is 20.0 Å². The number of ether oxygens (including phenoxy) is 1. The number of nitrogens with one attached hydrogen (secondary N) is 1. The molecule has 3 rings (SSSR count). The molecule has 22 heavy (non-hydrogen) atoms. The van der Waals surface area contributed by atoms with Crippen molar-refractivity contribution in [2.75, 3.05) is 12.3 Å². The first-order valence-corrected chi connectivity index (χ1v) is 7.24. The number of pyridine rings is 1. The fourth-order valence-electron chi connectivity index (χ4n) is 2.35. The molecule has 1 aromatic carbocycles. The maximum Gasteiger partial charge on any atom is 0.223 e. The highest BCUT2D eigenvalue weighted by Gasteiger charge is 2.09. The van der Waals surface area contributed by atoms with E-state index in [1.807, 2.05) is 35.8 Å². The molecule has 0 fully saturated rings. The fourth-order valence-corrected chi connectivity index (χ4v) is 2.35. The van der Waals surface area contributed by atoms with E-state index in [1.165, 1.54) is 0 Å². The van der Waals surface area contributed by atoms with Crippen LogP contribution in [0.25, 0.3) is 11.0 Å². The monoisotopic (exact) mass is 298 g/mol. The Morgan fingerprint density at radius 3 is 2.95 bits per heavy atom. The number of anilines is 1. The molecule has 0 radical (unpaired) electrons. The van der Waals surface area contributed by atoms with Gasteiger partial charge in [0.1, 0.15) is 0 Å². The third-order valence-corrected chi connectivity index (χ3v) is 3.41. The molecule has 114 valence electrons. The average Bonchev–Trinajstić information content (AvgIpc) is 2.83. The van der Waals surface area contributed by atoms with E-state index in [0.717, 1.165) is 23.1 Å². The van der Waals surface area contributed by atoms with E-state index < -0.39 is 0 Å². The van der Waals surface area contributed by atoms with Crippen LogP contribution in [-0.4, -0.2) is 21.1 Å². The van der Waals surface area contributed by atoms with E-state index in [1.54, 1.807) is 12.3 Å². The standard InChI is InChI=1S/C16H18N4O2/c1-2-7-22-15-9-18-11(8-14(15)21)10-20-13-6-4-3-5-12(13)19-16(20)17/h3-6,8-9H,2,7,10H2,1H3,(H2,17,19)(H,18,21). The Morgan fingerprint density at radius 2 is 2.18 bits per heavy atom. The van der Waals surface area contributed by atoms with Gasteiger partial charge in [-0.05, 0) is 18.6 Å². The number of nitrogen functional groups attached to an aromatic ring is 1. The van der Waals surface area contributed by atoms with Gasteiger partial charge in [0.25, 0.3) is 0 Å². The minimum absolute atomic E-state index is 0.134. The van der Waals surface area contributed by atoms with E-state index in [0.29, 0.717) is 24.8 Å². The Hall–Kier alpha value is -2.76. The van der Waals surface area contributed by atoms with Crippen molar-refractivity contribution < 1.29 is 4.74 Å². The molecule has 0 saturated heterocycles. The third-order valence-electron chi connectivity index (χ3n) is 3.41. The van der Waals surface area contributed by atoms with Crippen molar-refractivity contribution in [3.63, 3.8) is 0 Å². The van der Waals surface area contributed by atoms with Crippen LogP contribution in [-0.2, 0) is 6.54 Å². The minimum atomic E-state index is -0.134. The number of rotatable bonds is 5. The summed E-state index contributed by atoms with van der Waals surface area (Å²) in [7, 11) is 0. The highest BCUT2D eigenvalue weighted by Crippen LogP contribution is 2.18. The Labute approximate surface area is 127 Å².